The van der Waals surface area contributed by atoms with Crippen LogP contribution in [0, 0.1) is 11.3 Å². The number of fused-ring (bicyclic) bond motifs is 2. The summed E-state index contributed by atoms with van der Waals surface area (Å²) in [4.78, 5) is 50.6. The van der Waals surface area contributed by atoms with Crippen LogP contribution in [0.5, 0.6) is 0 Å². The van der Waals surface area contributed by atoms with E-state index >= 15 is 0 Å². The minimum atomic E-state index is -0.332. The van der Waals surface area contributed by atoms with E-state index in [0.29, 0.717) is 0 Å². The van der Waals surface area contributed by atoms with Crippen molar-refractivity contribution in [2.45, 2.75) is 56.8 Å². The second kappa shape index (κ2) is 4.61. The van der Waals surface area contributed by atoms with Crippen LogP contribution in [0.4, 0.5) is 0 Å². The van der Waals surface area contributed by atoms with Crippen molar-refractivity contribution in [2.75, 3.05) is 0 Å². The number of hydrogen-bond donors (Lipinski definition) is 0. The zero-order chi connectivity index (χ0) is 18.7. The summed E-state index contributed by atoms with van der Waals surface area (Å²) in [5.41, 5.74) is -0.983. The van der Waals surface area contributed by atoms with Gasteiger partial charge in [-0.05, 0) is 25.7 Å². The Bertz CT molecular complexity index is 1140. The predicted octanol–water partition coefficient (Wildman–Crippen LogP) is 0.435. The van der Waals surface area contributed by atoms with Crippen molar-refractivity contribution in [1.29, 1.82) is 0 Å². The Morgan fingerprint density at radius 1 is 0.667 bits per heavy atom. The maximum atomic E-state index is 12.7. The zero-order valence-electron chi connectivity index (χ0n) is 14.9. The highest BCUT2D eigenvalue weighted by molar-refractivity contribution is 5.17. The van der Waals surface area contributed by atoms with E-state index in [2.05, 4.69) is 6.92 Å². The van der Waals surface area contributed by atoms with Gasteiger partial charge in [0.1, 0.15) is 0 Å². The Balaban J connectivity index is 1.72. The Morgan fingerprint density at radius 2 is 1.04 bits per heavy atom. The SMILES string of the molecule is CC12C(C3CCC1n1c(=O)ccc(=O)n13)C1CCC2n2c(=O)ccc(=O)n21. The molecular formula is C19H20N4O4. The second-order valence-electron chi connectivity index (χ2n) is 8.61. The van der Waals surface area contributed by atoms with E-state index in [9.17, 15) is 19.2 Å². The first kappa shape index (κ1) is 15.4. The van der Waals surface area contributed by atoms with Crippen LogP contribution in [-0.4, -0.2) is 18.7 Å². The zero-order valence-corrected chi connectivity index (χ0v) is 14.9. The molecule has 6 heterocycles. The van der Waals surface area contributed by atoms with Crippen LogP contribution in [0.3, 0.4) is 0 Å². The first-order chi connectivity index (χ1) is 12.9. The molecule has 0 radical (unpaired) electrons. The normalized spacial score (nSPS) is 37.6. The third-order valence-electron chi connectivity index (χ3n) is 7.78. The molecule has 2 aromatic heterocycles. The van der Waals surface area contributed by atoms with E-state index in [1.54, 1.807) is 18.7 Å². The van der Waals surface area contributed by atoms with Crippen molar-refractivity contribution in [1.82, 2.24) is 18.7 Å². The van der Waals surface area contributed by atoms with Crippen LogP contribution in [0.2, 0.25) is 0 Å². The van der Waals surface area contributed by atoms with Gasteiger partial charge < -0.3 is 0 Å². The summed E-state index contributed by atoms with van der Waals surface area (Å²) in [5.74, 6) is 0.0639. The molecular weight excluding hydrogens is 348 g/mol. The third kappa shape index (κ3) is 1.53. The summed E-state index contributed by atoms with van der Waals surface area (Å²) in [6.07, 6.45) is 3.28. The molecule has 8 rings (SSSR count). The van der Waals surface area contributed by atoms with Crippen LogP contribution in [-0.2, 0) is 0 Å². The van der Waals surface area contributed by atoms with Crippen LogP contribution in [0.1, 0.15) is 56.8 Å². The van der Waals surface area contributed by atoms with Crippen molar-refractivity contribution in [3.63, 3.8) is 0 Å². The van der Waals surface area contributed by atoms with Gasteiger partial charge in [0.25, 0.3) is 22.2 Å². The molecule has 8 nitrogen and oxygen atoms in total. The van der Waals surface area contributed by atoms with Gasteiger partial charge in [0.15, 0.2) is 0 Å². The summed E-state index contributed by atoms with van der Waals surface area (Å²) in [6, 6.07) is 4.88. The van der Waals surface area contributed by atoms with Crippen molar-refractivity contribution in [3.8, 4) is 0 Å². The molecule has 0 N–H and O–H groups in total. The lowest BCUT2D eigenvalue weighted by Gasteiger charge is -2.66. The molecule has 4 atom stereocenters. The minimum absolute atomic E-state index is 0.0639. The molecule has 4 aliphatic heterocycles. The lowest BCUT2D eigenvalue weighted by molar-refractivity contribution is -0.177. The topological polar surface area (TPSA) is 88.0 Å². The summed E-state index contributed by atoms with van der Waals surface area (Å²) in [5, 5.41) is 0. The molecule has 2 aliphatic carbocycles. The molecule has 0 saturated heterocycles. The Hall–Kier alpha value is -2.64. The fourth-order valence-electron chi connectivity index (χ4n) is 6.98. The smallest absolute Gasteiger partial charge is 0.265 e. The summed E-state index contributed by atoms with van der Waals surface area (Å²) in [7, 11) is 0. The van der Waals surface area contributed by atoms with Gasteiger partial charge in [-0.1, -0.05) is 6.92 Å². The summed E-state index contributed by atoms with van der Waals surface area (Å²) < 4.78 is 6.56. The van der Waals surface area contributed by atoms with Crippen LogP contribution < -0.4 is 22.2 Å². The van der Waals surface area contributed by atoms with Gasteiger partial charge in [0, 0.05) is 35.6 Å². The van der Waals surface area contributed by atoms with Crippen molar-refractivity contribution >= 4 is 0 Å². The van der Waals surface area contributed by atoms with Crippen LogP contribution in [0.15, 0.2) is 43.4 Å². The van der Waals surface area contributed by atoms with E-state index in [0.717, 1.165) is 25.7 Å². The van der Waals surface area contributed by atoms with Crippen molar-refractivity contribution in [3.05, 3.63) is 65.7 Å². The molecule has 0 amide bonds. The number of rotatable bonds is 0. The molecule has 6 aliphatic rings. The van der Waals surface area contributed by atoms with E-state index in [4.69, 9.17) is 0 Å². The van der Waals surface area contributed by atoms with Gasteiger partial charge >= 0.3 is 0 Å². The van der Waals surface area contributed by atoms with E-state index in [1.807, 2.05) is 0 Å². The van der Waals surface area contributed by atoms with Gasteiger partial charge in [0.2, 0.25) is 0 Å². The molecule has 4 bridgehead atoms. The lowest BCUT2D eigenvalue weighted by atomic mass is 9.50. The largest absolute Gasteiger partial charge is 0.268 e. The maximum Gasteiger partial charge on any atom is 0.265 e. The Kier molecular flexibility index (Phi) is 2.63. The average Bonchev–Trinajstić information content (AvgIpc) is 2.67. The highest BCUT2D eigenvalue weighted by Crippen LogP contribution is 2.68. The monoisotopic (exact) mass is 368 g/mol. The molecule has 2 aromatic rings. The lowest BCUT2D eigenvalue weighted by Crippen LogP contribution is -2.69. The molecule has 4 unspecified atom stereocenters. The van der Waals surface area contributed by atoms with Gasteiger partial charge in [-0.25, -0.2) is 18.7 Å². The van der Waals surface area contributed by atoms with Gasteiger partial charge in [-0.2, -0.15) is 0 Å². The number of hydrogen-bond acceptors (Lipinski definition) is 4. The van der Waals surface area contributed by atoms with Gasteiger partial charge in [-0.3, -0.25) is 19.2 Å². The van der Waals surface area contributed by atoms with E-state index < -0.39 is 0 Å². The Morgan fingerprint density at radius 3 is 1.44 bits per heavy atom. The number of aromatic nitrogens is 4. The third-order valence-corrected chi connectivity index (χ3v) is 7.78. The van der Waals surface area contributed by atoms with Crippen molar-refractivity contribution < 1.29 is 0 Å². The highest BCUT2D eigenvalue weighted by Gasteiger charge is 2.66. The fourth-order valence-corrected chi connectivity index (χ4v) is 6.98. The summed E-state index contributed by atoms with van der Waals surface area (Å²) >= 11 is 0. The average molecular weight is 368 g/mol. The maximum absolute atomic E-state index is 12.7. The molecule has 140 valence electrons. The molecule has 2 fully saturated rings. The standard InChI is InChI=1S/C19H20N4O4/c1-19-12-4-2-10(20-14(24)6-8-16(26)22(12)20)18(19)11-3-5-13(19)23-17(27)9-7-15(25)21(11)23/h6-13,18H,2-5H2,1H3. The summed E-state index contributed by atoms with van der Waals surface area (Å²) in [6.45, 7) is 2.16. The fraction of sp³-hybridized carbons (Fsp3) is 0.579. The van der Waals surface area contributed by atoms with Crippen LogP contribution >= 0.6 is 0 Å². The first-order valence-electron chi connectivity index (χ1n) is 9.63. The molecule has 2 saturated carbocycles. The quantitative estimate of drug-likeness (QED) is 0.675. The minimum Gasteiger partial charge on any atom is -0.268 e. The Labute approximate surface area is 153 Å². The van der Waals surface area contributed by atoms with Crippen molar-refractivity contribution in [2.24, 2.45) is 11.3 Å². The predicted molar refractivity (Wildman–Crippen MR) is 96.1 cm³/mol. The van der Waals surface area contributed by atoms with Crippen LogP contribution in [0.25, 0.3) is 0 Å². The van der Waals surface area contributed by atoms with Gasteiger partial charge in [0.05, 0.1) is 24.2 Å². The number of nitrogens with zero attached hydrogens (tertiary/aromatic N) is 4. The van der Waals surface area contributed by atoms with E-state index in [1.165, 1.54) is 24.3 Å². The first-order valence-corrected chi connectivity index (χ1v) is 9.63. The molecule has 0 spiro atoms. The van der Waals surface area contributed by atoms with E-state index in [-0.39, 0.29) is 57.7 Å². The molecule has 27 heavy (non-hydrogen) atoms. The molecule has 8 heteroatoms. The highest BCUT2D eigenvalue weighted by atomic mass is 16.2. The molecule has 0 aromatic carbocycles. The second-order valence-corrected chi connectivity index (χ2v) is 8.61. The van der Waals surface area contributed by atoms with Gasteiger partial charge in [-0.15, -0.1) is 0 Å².